The normalized spacial score (nSPS) is 16.1. The minimum absolute atomic E-state index is 0.0874. The molecule has 0 aromatic heterocycles. The number of hydrogen-bond acceptors (Lipinski definition) is 8. The Morgan fingerprint density at radius 1 is 0.508 bits per heavy atom. The summed E-state index contributed by atoms with van der Waals surface area (Å²) in [7, 11) is 0. The van der Waals surface area contributed by atoms with Crippen molar-refractivity contribution in [2.24, 2.45) is 17.8 Å². The first-order valence-electron chi connectivity index (χ1n) is 25.5. The highest BCUT2D eigenvalue weighted by molar-refractivity contribution is 5.06. The van der Waals surface area contributed by atoms with Gasteiger partial charge in [0.1, 0.15) is 5.79 Å². The van der Waals surface area contributed by atoms with Crippen LogP contribution < -0.4 is 21.4 Å². The van der Waals surface area contributed by atoms with Crippen LogP contribution in [0.15, 0.2) is 0 Å². The maximum absolute atomic E-state index is 4.39. The Balaban J connectivity index is 8.69. The van der Waals surface area contributed by atoms with Crippen molar-refractivity contribution in [2.75, 3.05) is 52.4 Å². The van der Waals surface area contributed by atoms with Gasteiger partial charge in [-0.2, -0.15) is 0 Å². The summed E-state index contributed by atoms with van der Waals surface area (Å²) in [6.07, 6.45) is 16.5. The smallest absolute Gasteiger partial charge is 0.154 e. The number of nitrogens with zero attached hydrogens (tertiary/aromatic N) is 4. The molecule has 4 N–H and O–H groups in total. The predicted molar refractivity (Wildman–Crippen MR) is 265 cm³/mol. The summed E-state index contributed by atoms with van der Waals surface area (Å²) in [4.78, 5) is 9.00. The molecule has 0 fully saturated rings. The molecule has 356 valence electrons. The molecule has 3 unspecified atom stereocenters. The molecule has 0 saturated heterocycles. The van der Waals surface area contributed by atoms with Crippen molar-refractivity contribution < 1.29 is 0 Å². The molecule has 0 spiro atoms. The SMILES string of the molecule is CCCCCNN(CCCCC)C(NCC(C)C)(NC(C)(C)C)C(CCC(N(CCCC)CCCC)(N(CC(C)C)CC(C)C)N(C(C)(C)C)C(C)(C)C)NCCCC. The average Bonchev–Trinajstić information content (AvgIpc) is 3.09. The van der Waals surface area contributed by atoms with E-state index in [9.17, 15) is 0 Å². The van der Waals surface area contributed by atoms with Gasteiger partial charge in [-0.1, -0.05) is 121 Å². The summed E-state index contributed by atoms with van der Waals surface area (Å²) >= 11 is 0. The third kappa shape index (κ3) is 21.3. The summed E-state index contributed by atoms with van der Waals surface area (Å²) in [6, 6.07) is 0.118. The van der Waals surface area contributed by atoms with Crippen molar-refractivity contribution in [3.63, 3.8) is 0 Å². The lowest BCUT2D eigenvalue weighted by atomic mass is 9.86. The van der Waals surface area contributed by atoms with E-state index < -0.39 is 5.79 Å². The van der Waals surface area contributed by atoms with Gasteiger partial charge in [0.15, 0.2) is 5.79 Å². The molecule has 8 nitrogen and oxygen atoms in total. The highest BCUT2D eigenvalue weighted by Gasteiger charge is 2.56. The Morgan fingerprint density at radius 2 is 1.00 bits per heavy atom. The second-order valence-corrected chi connectivity index (χ2v) is 22.6. The number of hydrogen-bond donors (Lipinski definition) is 4. The molecule has 59 heavy (non-hydrogen) atoms. The molecule has 0 aliphatic rings. The number of rotatable bonds is 35. The Bertz CT molecular complexity index is 979. The molecule has 0 aromatic rings. The Morgan fingerprint density at radius 3 is 1.42 bits per heavy atom. The van der Waals surface area contributed by atoms with Crippen LogP contribution >= 0.6 is 0 Å². The van der Waals surface area contributed by atoms with Crippen molar-refractivity contribution in [1.29, 1.82) is 0 Å². The monoisotopic (exact) mass is 837 g/mol. The predicted octanol–water partition coefficient (Wildman–Crippen LogP) is 12.1. The van der Waals surface area contributed by atoms with Crippen molar-refractivity contribution in [2.45, 2.75) is 263 Å². The zero-order chi connectivity index (χ0) is 45.5. The molecule has 0 heterocycles. The van der Waals surface area contributed by atoms with E-state index in [0.29, 0.717) is 17.8 Å². The first kappa shape index (κ1) is 58.7. The van der Waals surface area contributed by atoms with Gasteiger partial charge in [-0.15, -0.1) is 0 Å². The van der Waals surface area contributed by atoms with E-state index in [1.807, 2.05) is 0 Å². The zero-order valence-corrected chi connectivity index (χ0v) is 44.2. The summed E-state index contributed by atoms with van der Waals surface area (Å²) < 4.78 is 0. The van der Waals surface area contributed by atoms with E-state index in [1.54, 1.807) is 0 Å². The van der Waals surface area contributed by atoms with Crippen LogP contribution in [-0.2, 0) is 0 Å². The molecule has 0 bridgehead atoms. The highest BCUT2D eigenvalue weighted by atomic mass is 15.7. The summed E-state index contributed by atoms with van der Waals surface area (Å²) in [5.74, 6) is 0.751. The molecule has 0 rings (SSSR count). The van der Waals surface area contributed by atoms with Crippen molar-refractivity contribution in [3.8, 4) is 0 Å². The maximum Gasteiger partial charge on any atom is 0.154 e. The minimum atomic E-state index is -0.533. The second-order valence-electron chi connectivity index (χ2n) is 22.6. The molecule has 3 atom stereocenters. The fraction of sp³-hybridized carbons (Fsp3) is 1.00. The standard InChI is InChI=1S/C51H112N8/c1-21-26-31-36-54-58(39-32-27-22-2)51(53-40-43(6)7,55-47(12,13)14)46(52-35-28-23-3)33-34-50(56(37-29-24-4)38-30-25-5,57(41-44(8)9)42-45(10)11)59(48(15,16)17)49(18,19)20/h43-46,52-55H,21-42H2,1-20H3. The van der Waals surface area contributed by atoms with Crippen LogP contribution in [0.5, 0.6) is 0 Å². The van der Waals surface area contributed by atoms with Crippen molar-refractivity contribution >= 4 is 0 Å². The lowest BCUT2D eigenvalue weighted by Gasteiger charge is -2.65. The van der Waals surface area contributed by atoms with E-state index in [4.69, 9.17) is 0 Å². The number of nitrogens with one attached hydrogen (secondary N) is 4. The number of unbranched alkanes of at least 4 members (excludes halogenated alkanes) is 7. The average molecular weight is 838 g/mol. The van der Waals surface area contributed by atoms with E-state index >= 15 is 0 Å². The Hall–Kier alpha value is -0.320. The van der Waals surface area contributed by atoms with Crippen LogP contribution in [0.4, 0.5) is 0 Å². The first-order chi connectivity index (χ1) is 27.4. The number of hydrazine groups is 1. The fourth-order valence-electron chi connectivity index (χ4n) is 9.68. The lowest BCUT2D eigenvalue weighted by Crippen LogP contribution is -2.82. The van der Waals surface area contributed by atoms with E-state index in [0.717, 1.165) is 65.2 Å². The Kier molecular flexibility index (Phi) is 29.0. The van der Waals surface area contributed by atoms with Gasteiger partial charge in [0.05, 0.1) is 6.04 Å². The van der Waals surface area contributed by atoms with Crippen LogP contribution in [0.3, 0.4) is 0 Å². The third-order valence-corrected chi connectivity index (χ3v) is 11.5. The van der Waals surface area contributed by atoms with Gasteiger partial charge in [-0.3, -0.25) is 30.8 Å². The Labute approximate surface area is 372 Å². The summed E-state index contributed by atoms with van der Waals surface area (Å²) in [5, 5.41) is 15.8. The molecule has 0 aliphatic heterocycles. The minimum Gasteiger partial charge on any atom is -0.310 e. The van der Waals surface area contributed by atoms with Gasteiger partial charge >= 0.3 is 0 Å². The molecule has 0 saturated carbocycles. The fourth-order valence-corrected chi connectivity index (χ4v) is 9.68. The van der Waals surface area contributed by atoms with Crippen LogP contribution in [0, 0.1) is 17.8 Å². The van der Waals surface area contributed by atoms with Gasteiger partial charge in [-0.05, 0) is 132 Å². The van der Waals surface area contributed by atoms with Gasteiger partial charge in [0.2, 0.25) is 0 Å². The van der Waals surface area contributed by atoms with Crippen LogP contribution in [-0.4, -0.2) is 106 Å². The zero-order valence-electron chi connectivity index (χ0n) is 44.2. The molecule has 0 radical (unpaired) electrons. The summed E-state index contributed by atoms with van der Waals surface area (Å²) in [5.41, 5.74) is 3.82. The second kappa shape index (κ2) is 29.2. The van der Waals surface area contributed by atoms with Gasteiger partial charge < -0.3 is 5.32 Å². The molecular weight excluding hydrogens is 725 g/mol. The van der Waals surface area contributed by atoms with Crippen molar-refractivity contribution in [3.05, 3.63) is 0 Å². The third-order valence-electron chi connectivity index (χ3n) is 11.5. The highest BCUT2D eigenvalue weighted by Crippen LogP contribution is 2.43. The van der Waals surface area contributed by atoms with Gasteiger partial charge in [-0.25, -0.2) is 5.01 Å². The van der Waals surface area contributed by atoms with Gasteiger partial charge in [0, 0.05) is 62.4 Å². The van der Waals surface area contributed by atoms with Crippen LogP contribution in [0.1, 0.15) is 228 Å². The molecule has 0 aromatic carbocycles. The van der Waals surface area contributed by atoms with Crippen LogP contribution in [0.25, 0.3) is 0 Å². The molecule has 0 aliphatic carbocycles. The van der Waals surface area contributed by atoms with E-state index in [1.165, 1.54) is 77.0 Å². The van der Waals surface area contributed by atoms with Crippen LogP contribution in [0.2, 0.25) is 0 Å². The topological polar surface area (TPSA) is 61.1 Å². The largest absolute Gasteiger partial charge is 0.310 e. The lowest BCUT2D eigenvalue weighted by molar-refractivity contribution is -0.241. The molecule has 8 heteroatoms. The molecule has 0 amide bonds. The van der Waals surface area contributed by atoms with Crippen molar-refractivity contribution in [1.82, 2.24) is 41.1 Å². The first-order valence-corrected chi connectivity index (χ1v) is 25.5. The summed E-state index contributed by atoms with van der Waals surface area (Å²) in [6.45, 7) is 56.7. The van der Waals surface area contributed by atoms with E-state index in [-0.39, 0.29) is 28.4 Å². The maximum atomic E-state index is 4.39. The molecular formula is C51H112N8. The quantitative estimate of drug-likeness (QED) is 0.0286. The van der Waals surface area contributed by atoms with Gasteiger partial charge in [0.25, 0.3) is 0 Å². The van der Waals surface area contributed by atoms with E-state index in [2.05, 4.69) is 180 Å².